The highest BCUT2D eigenvalue weighted by atomic mass is 79.9. The van der Waals surface area contributed by atoms with Crippen LogP contribution in [0.4, 0.5) is 0 Å². The van der Waals surface area contributed by atoms with Crippen molar-refractivity contribution in [1.29, 1.82) is 0 Å². The Morgan fingerprint density at radius 2 is 1.94 bits per heavy atom. The molecule has 0 radical (unpaired) electrons. The minimum absolute atomic E-state index is 0.134. The average Bonchev–Trinajstić information content (AvgIpc) is 2.40. The first-order valence-corrected chi connectivity index (χ1v) is 7.67. The first-order valence-electron chi connectivity index (χ1n) is 6.55. The van der Waals surface area contributed by atoms with E-state index in [1.54, 1.807) is 0 Å². The van der Waals surface area contributed by atoms with E-state index < -0.39 is 0 Å². The van der Waals surface area contributed by atoms with E-state index in [1.165, 1.54) is 0 Å². The number of carbonyl (C=O) groups is 1. The maximum Gasteiger partial charge on any atom is 0.220 e. The highest BCUT2D eigenvalue weighted by Crippen LogP contribution is 2.23. The van der Waals surface area contributed by atoms with Crippen molar-refractivity contribution in [2.24, 2.45) is 0 Å². The fourth-order valence-electron chi connectivity index (χ4n) is 1.89. The van der Waals surface area contributed by atoms with Gasteiger partial charge >= 0.3 is 0 Å². The van der Waals surface area contributed by atoms with Gasteiger partial charge in [0.15, 0.2) is 0 Å². The van der Waals surface area contributed by atoms with Crippen LogP contribution in [0.15, 0.2) is 30.3 Å². The molecule has 0 heterocycles. The Labute approximate surface area is 118 Å². The summed E-state index contributed by atoms with van der Waals surface area (Å²) in [7, 11) is 0. The van der Waals surface area contributed by atoms with Crippen molar-refractivity contribution in [2.75, 3.05) is 5.33 Å². The van der Waals surface area contributed by atoms with E-state index >= 15 is 0 Å². The fraction of sp³-hybridized carbons (Fsp3) is 0.533. The van der Waals surface area contributed by atoms with E-state index in [4.69, 9.17) is 0 Å². The van der Waals surface area contributed by atoms with Gasteiger partial charge < -0.3 is 5.32 Å². The van der Waals surface area contributed by atoms with Gasteiger partial charge in [0.25, 0.3) is 0 Å². The number of hydrogen-bond donors (Lipinski definition) is 1. The Hall–Kier alpha value is -0.830. The smallest absolute Gasteiger partial charge is 0.220 e. The molecule has 0 fully saturated rings. The zero-order valence-electron chi connectivity index (χ0n) is 11.2. The van der Waals surface area contributed by atoms with Gasteiger partial charge in [0.2, 0.25) is 5.91 Å². The number of rotatable bonds is 7. The lowest BCUT2D eigenvalue weighted by Gasteiger charge is -2.29. The van der Waals surface area contributed by atoms with Crippen molar-refractivity contribution in [3.05, 3.63) is 35.9 Å². The van der Waals surface area contributed by atoms with Crippen LogP contribution >= 0.6 is 15.9 Å². The van der Waals surface area contributed by atoms with Crippen LogP contribution in [0.3, 0.4) is 0 Å². The average molecular weight is 312 g/mol. The number of hydrogen-bond acceptors (Lipinski definition) is 1. The lowest BCUT2D eigenvalue weighted by Crippen LogP contribution is -2.44. The maximum absolute atomic E-state index is 11.9. The predicted octanol–water partition coefficient (Wildman–Crippen LogP) is 3.99. The van der Waals surface area contributed by atoms with E-state index in [9.17, 15) is 4.79 Å². The van der Waals surface area contributed by atoms with Crippen LogP contribution in [-0.4, -0.2) is 11.2 Å². The van der Waals surface area contributed by atoms with E-state index in [1.807, 2.05) is 30.3 Å². The van der Waals surface area contributed by atoms with E-state index in [0.717, 1.165) is 24.8 Å². The summed E-state index contributed by atoms with van der Waals surface area (Å²) in [5, 5.41) is 3.84. The minimum atomic E-state index is -0.329. The molecule has 18 heavy (non-hydrogen) atoms. The number of alkyl halides is 1. The topological polar surface area (TPSA) is 29.1 Å². The highest BCUT2D eigenvalue weighted by molar-refractivity contribution is 9.09. The lowest BCUT2D eigenvalue weighted by atomic mass is 9.94. The van der Waals surface area contributed by atoms with Crippen molar-refractivity contribution in [3.8, 4) is 0 Å². The number of carbonyl (C=O) groups excluding carboxylic acids is 1. The fourth-order valence-corrected chi connectivity index (χ4v) is 2.36. The van der Waals surface area contributed by atoms with Gasteiger partial charge in [-0.3, -0.25) is 4.79 Å². The summed E-state index contributed by atoms with van der Waals surface area (Å²) >= 11 is 3.50. The Kier molecular flexibility index (Phi) is 6.41. The molecule has 2 nitrogen and oxygen atoms in total. The Morgan fingerprint density at radius 3 is 2.50 bits per heavy atom. The SMILES string of the molecule is CCCCCC(=O)NC(C)(CBr)c1ccccc1. The van der Waals surface area contributed by atoms with Crippen LogP contribution < -0.4 is 5.32 Å². The molecule has 1 unspecified atom stereocenters. The van der Waals surface area contributed by atoms with Gasteiger partial charge in [-0.05, 0) is 18.9 Å². The summed E-state index contributed by atoms with van der Waals surface area (Å²) in [4.78, 5) is 11.9. The number of amides is 1. The predicted molar refractivity (Wildman–Crippen MR) is 79.9 cm³/mol. The quantitative estimate of drug-likeness (QED) is 0.598. The lowest BCUT2D eigenvalue weighted by molar-refractivity contribution is -0.122. The third kappa shape index (κ3) is 4.45. The van der Waals surface area contributed by atoms with Gasteiger partial charge in [0, 0.05) is 11.8 Å². The first-order chi connectivity index (χ1) is 8.62. The molecule has 1 rings (SSSR count). The molecule has 1 amide bonds. The van der Waals surface area contributed by atoms with Gasteiger partial charge in [0.1, 0.15) is 0 Å². The minimum Gasteiger partial charge on any atom is -0.346 e. The second kappa shape index (κ2) is 7.57. The zero-order chi connectivity index (χ0) is 13.4. The molecule has 0 aliphatic rings. The molecule has 0 saturated carbocycles. The summed E-state index contributed by atoms with van der Waals surface area (Å²) < 4.78 is 0. The third-order valence-corrected chi connectivity index (χ3v) is 4.22. The summed E-state index contributed by atoms with van der Waals surface area (Å²) in [6.07, 6.45) is 3.84. The molecule has 100 valence electrons. The largest absolute Gasteiger partial charge is 0.346 e. The normalized spacial score (nSPS) is 13.9. The van der Waals surface area contributed by atoms with Crippen molar-refractivity contribution >= 4 is 21.8 Å². The van der Waals surface area contributed by atoms with Crippen LogP contribution in [0.2, 0.25) is 0 Å². The van der Waals surface area contributed by atoms with Gasteiger partial charge in [-0.15, -0.1) is 0 Å². The molecule has 0 aliphatic carbocycles. The standard InChI is InChI=1S/C15H22BrNO/c1-3-4-6-11-14(18)17-15(2,12-16)13-9-7-5-8-10-13/h5,7-10H,3-4,6,11-12H2,1-2H3,(H,17,18). The molecule has 0 aromatic heterocycles. The Bertz CT molecular complexity index is 366. The number of nitrogens with one attached hydrogen (secondary N) is 1. The third-order valence-electron chi connectivity index (χ3n) is 3.10. The molecule has 3 heteroatoms. The number of benzene rings is 1. The highest BCUT2D eigenvalue weighted by Gasteiger charge is 2.26. The molecule has 1 aromatic rings. The Balaban J connectivity index is 2.63. The van der Waals surface area contributed by atoms with Crippen LogP contribution in [0.25, 0.3) is 0 Å². The molecular weight excluding hydrogens is 290 g/mol. The van der Waals surface area contributed by atoms with Gasteiger partial charge in [0.05, 0.1) is 5.54 Å². The number of halogens is 1. The van der Waals surface area contributed by atoms with Crippen LogP contribution in [0.1, 0.15) is 45.1 Å². The van der Waals surface area contributed by atoms with Crippen molar-refractivity contribution in [3.63, 3.8) is 0 Å². The Morgan fingerprint density at radius 1 is 1.28 bits per heavy atom. The van der Waals surface area contributed by atoms with Gasteiger partial charge in [-0.1, -0.05) is 66.0 Å². The molecule has 1 N–H and O–H groups in total. The first kappa shape index (κ1) is 15.2. The zero-order valence-corrected chi connectivity index (χ0v) is 12.8. The van der Waals surface area contributed by atoms with Crippen LogP contribution in [-0.2, 0) is 10.3 Å². The summed E-state index contributed by atoms with van der Waals surface area (Å²) in [5.74, 6) is 0.134. The molecular formula is C15H22BrNO. The summed E-state index contributed by atoms with van der Waals surface area (Å²) in [5.41, 5.74) is 0.801. The second-order valence-corrected chi connectivity index (χ2v) is 5.40. The summed E-state index contributed by atoms with van der Waals surface area (Å²) in [6.45, 7) is 4.19. The van der Waals surface area contributed by atoms with Crippen molar-refractivity contribution in [1.82, 2.24) is 5.32 Å². The van der Waals surface area contributed by atoms with E-state index in [0.29, 0.717) is 11.8 Å². The number of unbranched alkanes of at least 4 members (excludes halogenated alkanes) is 2. The van der Waals surface area contributed by atoms with E-state index in [2.05, 4.69) is 35.1 Å². The van der Waals surface area contributed by atoms with Crippen molar-refractivity contribution < 1.29 is 4.79 Å². The van der Waals surface area contributed by atoms with Crippen LogP contribution in [0, 0.1) is 0 Å². The van der Waals surface area contributed by atoms with E-state index in [-0.39, 0.29) is 11.4 Å². The van der Waals surface area contributed by atoms with Crippen molar-refractivity contribution in [2.45, 2.75) is 45.1 Å². The van der Waals surface area contributed by atoms with Crippen LogP contribution in [0.5, 0.6) is 0 Å². The summed E-state index contributed by atoms with van der Waals surface area (Å²) in [6, 6.07) is 10.1. The second-order valence-electron chi connectivity index (χ2n) is 4.84. The monoisotopic (exact) mass is 311 g/mol. The van der Waals surface area contributed by atoms with Gasteiger partial charge in [-0.2, -0.15) is 0 Å². The molecule has 0 aliphatic heterocycles. The maximum atomic E-state index is 11.9. The molecule has 0 bridgehead atoms. The molecule has 1 atom stereocenters. The molecule has 1 aromatic carbocycles. The molecule has 0 saturated heterocycles. The van der Waals surface area contributed by atoms with Gasteiger partial charge in [-0.25, -0.2) is 0 Å². The molecule has 0 spiro atoms.